The van der Waals surface area contributed by atoms with Gasteiger partial charge in [-0.25, -0.2) is 4.79 Å². The first-order valence-electron chi connectivity index (χ1n) is 7.87. The van der Waals surface area contributed by atoms with Crippen molar-refractivity contribution in [1.29, 1.82) is 0 Å². The predicted molar refractivity (Wildman–Crippen MR) is 85.4 cm³/mol. The normalized spacial score (nSPS) is 17.5. The van der Waals surface area contributed by atoms with Crippen LogP contribution in [0.3, 0.4) is 0 Å². The summed E-state index contributed by atoms with van der Waals surface area (Å²) in [6.07, 6.45) is -2.25. The number of hydrogen-bond acceptors (Lipinski definition) is 4. The Balaban J connectivity index is 2.39. The van der Waals surface area contributed by atoms with Crippen LogP contribution in [0.2, 0.25) is 0 Å². The van der Waals surface area contributed by atoms with Crippen LogP contribution in [0, 0.1) is 5.92 Å². The molecule has 0 radical (unpaired) electrons. The first-order valence-corrected chi connectivity index (χ1v) is 8.68. The molecular weight excluding hydrogens is 343 g/mol. The molecule has 0 bridgehead atoms. The summed E-state index contributed by atoms with van der Waals surface area (Å²) in [6.45, 7) is 5.39. The molecule has 8 heteroatoms. The third-order valence-electron chi connectivity index (χ3n) is 3.98. The molecule has 1 aliphatic rings. The van der Waals surface area contributed by atoms with Gasteiger partial charge >= 0.3 is 18.1 Å². The molecule has 1 amide bonds. The summed E-state index contributed by atoms with van der Waals surface area (Å²) < 4.78 is 42.8. The number of thiophene rings is 1. The first-order chi connectivity index (χ1) is 11.1. The minimum Gasteiger partial charge on any atom is -0.459 e. The van der Waals surface area contributed by atoms with Gasteiger partial charge in [-0.15, -0.1) is 11.3 Å². The summed E-state index contributed by atoms with van der Waals surface area (Å²) >= 11 is 1.05. The fourth-order valence-corrected chi connectivity index (χ4v) is 4.10. The Kier molecular flexibility index (Phi) is 5.57. The van der Waals surface area contributed by atoms with E-state index in [0.717, 1.165) is 29.1 Å². The Labute approximate surface area is 142 Å². The van der Waals surface area contributed by atoms with Crippen molar-refractivity contribution in [2.45, 2.75) is 58.7 Å². The third-order valence-corrected chi connectivity index (χ3v) is 5.15. The average Bonchev–Trinajstić information content (AvgIpc) is 2.82. The molecule has 0 unspecified atom stereocenters. The van der Waals surface area contributed by atoms with Gasteiger partial charge in [0.1, 0.15) is 5.00 Å². The maximum atomic E-state index is 12.6. The largest absolute Gasteiger partial charge is 0.471 e. The Morgan fingerprint density at radius 1 is 1.38 bits per heavy atom. The van der Waals surface area contributed by atoms with Crippen LogP contribution in [0.4, 0.5) is 18.2 Å². The minimum atomic E-state index is -5.00. The summed E-state index contributed by atoms with van der Waals surface area (Å²) in [5.41, 5.74) is 0.795. The molecule has 0 spiro atoms. The molecule has 0 saturated carbocycles. The van der Waals surface area contributed by atoms with Crippen LogP contribution in [-0.2, 0) is 22.4 Å². The van der Waals surface area contributed by atoms with Gasteiger partial charge in [-0.1, -0.05) is 13.3 Å². The number of anilines is 1. The molecule has 1 atom stereocenters. The van der Waals surface area contributed by atoms with E-state index in [2.05, 4.69) is 6.92 Å². The fraction of sp³-hybridized carbons (Fsp3) is 0.625. The van der Waals surface area contributed by atoms with Crippen molar-refractivity contribution in [3.8, 4) is 0 Å². The van der Waals surface area contributed by atoms with E-state index in [9.17, 15) is 22.8 Å². The van der Waals surface area contributed by atoms with Gasteiger partial charge in [0, 0.05) is 4.88 Å². The highest BCUT2D eigenvalue weighted by atomic mass is 32.1. The average molecular weight is 363 g/mol. The molecule has 1 aromatic heterocycles. The van der Waals surface area contributed by atoms with Gasteiger partial charge < -0.3 is 10.1 Å². The highest BCUT2D eigenvalue weighted by Gasteiger charge is 2.40. The lowest BCUT2D eigenvalue weighted by Crippen LogP contribution is -2.30. The number of fused-ring (bicyclic) bond motifs is 1. The van der Waals surface area contributed by atoms with E-state index < -0.39 is 24.2 Å². The van der Waals surface area contributed by atoms with Crippen molar-refractivity contribution in [1.82, 2.24) is 0 Å². The summed E-state index contributed by atoms with van der Waals surface area (Å²) in [5, 5.41) is 1.78. The van der Waals surface area contributed by atoms with E-state index in [1.54, 1.807) is 13.8 Å². The standard InChI is InChI=1S/C16H20F3NO3S/c1-4-9-5-6-10-11(7-9)24-13(20-15(22)16(17,18)19)12(10)14(21)23-8(2)3/h8-9H,4-7H2,1-3H3,(H,20,22)/t9-/m0/s1. The van der Waals surface area contributed by atoms with Gasteiger partial charge in [-0.2, -0.15) is 13.2 Å². The molecule has 24 heavy (non-hydrogen) atoms. The van der Waals surface area contributed by atoms with Crippen molar-refractivity contribution in [3.05, 3.63) is 16.0 Å². The van der Waals surface area contributed by atoms with Crippen LogP contribution in [0.5, 0.6) is 0 Å². The number of nitrogens with one attached hydrogen (secondary N) is 1. The molecule has 1 aromatic rings. The van der Waals surface area contributed by atoms with E-state index in [4.69, 9.17) is 4.74 Å². The number of ether oxygens (including phenoxy) is 1. The molecule has 4 nitrogen and oxygen atoms in total. The summed E-state index contributed by atoms with van der Waals surface area (Å²) in [7, 11) is 0. The summed E-state index contributed by atoms with van der Waals surface area (Å²) in [4.78, 5) is 24.5. The zero-order valence-electron chi connectivity index (χ0n) is 13.8. The second kappa shape index (κ2) is 7.13. The summed E-state index contributed by atoms with van der Waals surface area (Å²) in [6, 6.07) is 0. The van der Waals surface area contributed by atoms with Crippen molar-refractivity contribution in [2.75, 3.05) is 5.32 Å². The molecule has 2 rings (SSSR count). The van der Waals surface area contributed by atoms with Crippen LogP contribution in [0.15, 0.2) is 0 Å². The highest BCUT2D eigenvalue weighted by Crippen LogP contribution is 2.41. The second-order valence-corrected chi connectivity index (χ2v) is 7.24. The van der Waals surface area contributed by atoms with E-state index in [-0.39, 0.29) is 10.6 Å². The monoisotopic (exact) mass is 363 g/mol. The van der Waals surface area contributed by atoms with E-state index in [1.807, 2.05) is 5.32 Å². The maximum Gasteiger partial charge on any atom is 0.471 e. The van der Waals surface area contributed by atoms with E-state index >= 15 is 0 Å². The Hall–Kier alpha value is -1.57. The van der Waals surface area contributed by atoms with Gasteiger partial charge in [0.05, 0.1) is 11.7 Å². The molecule has 0 aliphatic heterocycles. The number of rotatable bonds is 4. The molecule has 1 N–H and O–H groups in total. The van der Waals surface area contributed by atoms with E-state index in [0.29, 0.717) is 24.3 Å². The first kappa shape index (κ1) is 18.8. The van der Waals surface area contributed by atoms with Crippen molar-refractivity contribution in [3.63, 3.8) is 0 Å². The van der Waals surface area contributed by atoms with Crippen LogP contribution >= 0.6 is 11.3 Å². The molecule has 0 fully saturated rings. The molecular formula is C16H20F3NO3S. The summed E-state index contributed by atoms with van der Waals surface area (Å²) in [5.74, 6) is -2.32. The van der Waals surface area contributed by atoms with Gasteiger partial charge in [-0.05, 0) is 44.6 Å². The topological polar surface area (TPSA) is 55.4 Å². The van der Waals surface area contributed by atoms with E-state index in [1.165, 1.54) is 0 Å². The zero-order chi connectivity index (χ0) is 18.1. The lowest BCUT2D eigenvalue weighted by molar-refractivity contribution is -0.167. The smallest absolute Gasteiger partial charge is 0.459 e. The number of hydrogen-bond donors (Lipinski definition) is 1. The molecule has 1 aliphatic carbocycles. The molecule has 0 aromatic carbocycles. The second-order valence-electron chi connectivity index (χ2n) is 6.13. The number of halogens is 3. The number of carbonyl (C=O) groups is 2. The van der Waals surface area contributed by atoms with Gasteiger partial charge in [-0.3, -0.25) is 4.79 Å². The van der Waals surface area contributed by atoms with Crippen LogP contribution in [-0.4, -0.2) is 24.2 Å². The van der Waals surface area contributed by atoms with Crippen molar-refractivity contribution < 1.29 is 27.5 Å². The molecule has 1 heterocycles. The van der Waals surface area contributed by atoms with Gasteiger partial charge in [0.2, 0.25) is 0 Å². The quantitative estimate of drug-likeness (QED) is 0.810. The maximum absolute atomic E-state index is 12.6. The Bertz CT molecular complexity index is 637. The third kappa shape index (κ3) is 4.09. The lowest BCUT2D eigenvalue weighted by Gasteiger charge is -2.21. The Morgan fingerprint density at radius 2 is 2.04 bits per heavy atom. The van der Waals surface area contributed by atoms with Crippen molar-refractivity contribution in [2.24, 2.45) is 5.92 Å². The highest BCUT2D eigenvalue weighted by molar-refractivity contribution is 7.17. The molecule has 0 saturated heterocycles. The predicted octanol–water partition coefficient (Wildman–Crippen LogP) is 4.33. The molecule has 134 valence electrons. The van der Waals surface area contributed by atoms with Crippen LogP contribution < -0.4 is 5.32 Å². The lowest BCUT2D eigenvalue weighted by atomic mass is 9.85. The zero-order valence-corrected chi connectivity index (χ0v) is 14.6. The number of amides is 1. The number of alkyl halides is 3. The van der Waals surface area contributed by atoms with Gasteiger partial charge in [0.15, 0.2) is 0 Å². The van der Waals surface area contributed by atoms with Gasteiger partial charge in [0.25, 0.3) is 0 Å². The van der Waals surface area contributed by atoms with Crippen LogP contribution in [0.1, 0.15) is 54.4 Å². The number of esters is 1. The van der Waals surface area contributed by atoms with Crippen molar-refractivity contribution >= 4 is 28.2 Å². The SMILES string of the molecule is CC[C@H]1CCc2c(sc(NC(=O)C(F)(F)F)c2C(=O)OC(C)C)C1. The Morgan fingerprint density at radius 3 is 2.58 bits per heavy atom. The minimum absolute atomic E-state index is 0.0651. The van der Waals surface area contributed by atoms with Crippen LogP contribution in [0.25, 0.3) is 0 Å². The number of carbonyl (C=O) groups excluding carboxylic acids is 2. The fourth-order valence-electron chi connectivity index (χ4n) is 2.75.